The van der Waals surface area contributed by atoms with Gasteiger partial charge in [-0.05, 0) is 25.1 Å². The molecule has 1 spiro atoms. The van der Waals surface area contributed by atoms with Gasteiger partial charge in [0.1, 0.15) is 29.2 Å². The molecule has 11 nitrogen and oxygen atoms in total. The number of carbonyl (C=O) groups is 3. The third-order valence-corrected chi connectivity index (χ3v) is 8.51. The van der Waals surface area contributed by atoms with Crippen LogP contribution in [0.2, 0.25) is 10.2 Å². The number of nitrogens with one attached hydrogen (secondary N) is 3. The van der Waals surface area contributed by atoms with Crippen molar-refractivity contribution >= 4 is 56.6 Å². The van der Waals surface area contributed by atoms with E-state index >= 15 is 0 Å². The number of benzene rings is 1. The highest BCUT2D eigenvalue weighted by Crippen LogP contribution is 2.41. The fourth-order valence-corrected chi connectivity index (χ4v) is 6.31. The van der Waals surface area contributed by atoms with Gasteiger partial charge >= 0.3 is 18.0 Å². The molecule has 39 heavy (non-hydrogen) atoms. The maximum atomic E-state index is 13.5. The van der Waals surface area contributed by atoms with Gasteiger partial charge in [-0.1, -0.05) is 23.2 Å². The van der Waals surface area contributed by atoms with Crippen molar-refractivity contribution in [1.82, 2.24) is 19.5 Å². The number of alkyl halides is 3. The van der Waals surface area contributed by atoms with E-state index in [0.29, 0.717) is 6.92 Å². The Kier molecular flexibility index (Phi) is 7.29. The summed E-state index contributed by atoms with van der Waals surface area (Å²) in [5, 5.41) is 3.33. The fourth-order valence-electron chi connectivity index (χ4n) is 4.03. The van der Waals surface area contributed by atoms with Gasteiger partial charge in [-0.25, -0.2) is 12.8 Å². The molecule has 1 aromatic carbocycles. The van der Waals surface area contributed by atoms with Crippen LogP contribution < -0.4 is 20.1 Å². The number of rotatable bonds is 3. The molecule has 212 valence electrons. The fraction of sp³-hybridized carbons (Fsp3) is 0.381. The molecule has 1 saturated heterocycles. The Morgan fingerprint density at radius 2 is 1.85 bits per heavy atom. The smallest absolute Gasteiger partial charge is 0.408 e. The van der Waals surface area contributed by atoms with Crippen molar-refractivity contribution in [2.24, 2.45) is 7.05 Å². The number of fused-ring (bicyclic) bond motifs is 1. The Morgan fingerprint density at radius 3 is 2.44 bits per heavy atom. The first kappa shape index (κ1) is 28.9. The van der Waals surface area contributed by atoms with Crippen molar-refractivity contribution in [1.29, 1.82) is 0 Å². The zero-order valence-corrected chi connectivity index (χ0v) is 22.3. The first-order valence-electron chi connectivity index (χ1n) is 10.9. The predicted molar refractivity (Wildman–Crippen MR) is 129 cm³/mol. The number of sulfonamides is 1. The average Bonchev–Trinajstić information content (AvgIpc) is 2.98. The summed E-state index contributed by atoms with van der Waals surface area (Å²) in [6, 6.07) is 1.09. The molecule has 3 heterocycles. The van der Waals surface area contributed by atoms with Gasteiger partial charge in [-0.2, -0.15) is 17.9 Å². The van der Waals surface area contributed by atoms with E-state index < -0.39 is 81.7 Å². The minimum absolute atomic E-state index is 0.0924. The molecular formula is C21H19Cl2F4N5O6S. The quantitative estimate of drug-likeness (QED) is 0.357. The van der Waals surface area contributed by atoms with E-state index in [9.17, 15) is 40.4 Å². The van der Waals surface area contributed by atoms with Gasteiger partial charge in [-0.3, -0.25) is 14.4 Å². The zero-order chi connectivity index (χ0) is 29.1. The first-order valence-corrected chi connectivity index (χ1v) is 13.2. The van der Waals surface area contributed by atoms with Crippen molar-refractivity contribution in [2.75, 3.05) is 25.0 Å². The van der Waals surface area contributed by atoms with Gasteiger partial charge in [0.25, 0.3) is 5.91 Å². The van der Waals surface area contributed by atoms with Crippen LogP contribution in [0.1, 0.15) is 17.4 Å². The van der Waals surface area contributed by atoms with Crippen LogP contribution >= 0.6 is 23.2 Å². The summed E-state index contributed by atoms with van der Waals surface area (Å²) < 4.78 is 87.1. The summed E-state index contributed by atoms with van der Waals surface area (Å²) in [6.07, 6.45) is -4.77. The second-order valence-corrected chi connectivity index (χ2v) is 11.4. The summed E-state index contributed by atoms with van der Waals surface area (Å²) >= 11 is 12.0. The standard InChI is InChI=1S/C21H19Cl2F4N5O6S/c1-9(21(25,26)27)28-18(34)19(35)32-6-20(7-32)8-38-14-13(31(2)16(23)15(14)39(36,37)30-20)17(33)29-10-3-4-12(24)11(22)5-10/h3-5,9,30H,6-8H2,1-2H3,(H,28,34)(H,29,33)/t9-/m1/s1. The number of amides is 3. The number of hydrogen-bond donors (Lipinski definition) is 3. The second kappa shape index (κ2) is 9.83. The predicted octanol–water partition coefficient (Wildman–Crippen LogP) is 2.04. The van der Waals surface area contributed by atoms with Crippen LogP contribution in [-0.4, -0.2) is 73.1 Å². The van der Waals surface area contributed by atoms with Crippen molar-refractivity contribution in [3.63, 3.8) is 0 Å². The Bertz CT molecular complexity index is 1490. The largest absolute Gasteiger partial charge is 0.488 e. The Morgan fingerprint density at radius 1 is 1.21 bits per heavy atom. The molecule has 3 amide bonds. The molecule has 0 aliphatic carbocycles. The molecule has 4 rings (SSSR count). The van der Waals surface area contributed by atoms with E-state index in [1.54, 1.807) is 0 Å². The summed E-state index contributed by atoms with van der Waals surface area (Å²) in [6.45, 7) is -0.590. The normalized spacial score (nSPS) is 18.3. The van der Waals surface area contributed by atoms with Crippen LogP contribution in [0.3, 0.4) is 0 Å². The Hall–Kier alpha value is -3.08. The van der Waals surface area contributed by atoms with E-state index in [1.165, 1.54) is 18.4 Å². The molecule has 0 bridgehead atoms. The van der Waals surface area contributed by atoms with Gasteiger partial charge in [0.15, 0.2) is 16.3 Å². The van der Waals surface area contributed by atoms with E-state index in [1.807, 2.05) is 0 Å². The monoisotopic (exact) mass is 615 g/mol. The molecule has 2 aliphatic rings. The van der Waals surface area contributed by atoms with Crippen LogP contribution in [0.25, 0.3) is 0 Å². The maximum absolute atomic E-state index is 13.5. The number of carbonyl (C=O) groups excluding carboxylic acids is 3. The molecule has 2 aliphatic heterocycles. The lowest BCUT2D eigenvalue weighted by Gasteiger charge is -2.48. The minimum Gasteiger partial charge on any atom is -0.488 e. The Balaban J connectivity index is 1.54. The molecule has 0 saturated carbocycles. The number of hydrogen-bond acceptors (Lipinski definition) is 6. The van der Waals surface area contributed by atoms with Crippen LogP contribution in [0, 0.1) is 5.82 Å². The van der Waals surface area contributed by atoms with Gasteiger partial charge in [-0.15, -0.1) is 0 Å². The van der Waals surface area contributed by atoms with Crippen molar-refractivity contribution in [3.8, 4) is 5.75 Å². The molecule has 0 radical (unpaired) electrons. The molecule has 2 aromatic rings. The van der Waals surface area contributed by atoms with Crippen LogP contribution in [0.4, 0.5) is 23.2 Å². The van der Waals surface area contributed by atoms with Crippen LogP contribution in [0.5, 0.6) is 5.75 Å². The van der Waals surface area contributed by atoms with Crippen LogP contribution in [-0.2, 0) is 26.7 Å². The number of aromatic nitrogens is 1. The highest BCUT2D eigenvalue weighted by molar-refractivity contribution is 7.89. The van der Waals surface area contributed by atoms with Crippen molar-refractivity contribution < 1.29 is 45.1 Å². The maximum Gasteiger partial charge on any atom is 0.408 e. The highest BCUT2D eigenvalue weighted by atomic mass is 35.5. The molecule has 3 N–H and O–H groups in total. The second-order valence-electron chi connectivity index (χ2n) is 9.01. The van der Waals surface area contributed by atoms with Gasteiger partial charge in [0, 0.05) is 25.8 Å². The summed E-state index contributed by atoms with van der Waals surface area (Å²) in [7, 11) is -3.16. The van der Waals surface area contributed by atoms with E-state index in [0.717, 1.165) is 21.6 Å². The molecule has 1 atom stereocenters. The first-order chi connectivity index (χ1) is 18.0. The summed E-state index contributed by atoms with van der Waals surface area (Å²) in [5.41, 5.74) is -1.67. The van der Waals surface area contributed by atoms with E-state index in [4.69, 9.17) is 27.9 Å². The lowest BCUT2D eigenvalue weighted by Crippen LogP contribution is -2.74. The lowest BCUT2D eigenvalue weighted by atomic mass is 9.92. The SMILES string of the molecule is C[C@@H](NC(=O)C(=O)N1CC2(COc3c(c(Cl)n(C)c3C(=O)Nc3ccc(F)c(Cl)c3)S(=O)(=O)N2)C1)C(F)(F)F. The molecule has 18 heteroatoms. The molecule has 0 unspecified atom stereocenters. The highest BCUT2D eigenvalue weighted by Gasteiger charge is 2.53. The van der Waals surface area contributed by atoms with E-state index in [2.05, 4.69) is 10.0 Å². The molecule has 1 fully saturated rings. The van der Waals surface area contributed by atoms with Crippen LogP contribution in [0.15, 0.2) is 23.1 Å². The third-order valence-electron chi connectivity index (χ3n) is 6.05. The number of ether oxygens (including phenoxy) is 1. The topological polar surface area (TPSA) is 139 Å². The van der Waals surface area contributed by atoms with Crippen molar-refractivity contribution in [2.45, 2.75) is 29.6 Å². The van der Waals surface area contributed by atoms with Gasteiger partial charge in [0.2, 0.25) is 10.0 Å². The summed E-state index contributed by atoms with van der Waals surface area (Å²) in [4.78, 5) is 37.6. The zero-order valence-electron chi connectivity index (χ0n) is 20.0. The Labute approximate surface area is 228 Å². The van der Waals surface area contributed by atoms with Gasteiger partial charge < -0.3 is 24.8 Å². The molecular weight excluding hydrogens is 597 g/mol. The number of nitrogens with zero attached hydrogens (tertiary/aromatic N) is 2. The number of anilines is 1. The summed E-state index contributed by atoms with van der Waals surface area (Å²) in [5.74, 6) is -4.81. The lowest BCUT2D eigenvalue weighted by molar-refractivity contribution is -0.164. The third kappa shape index (κ3) is 5.37. The number of likely N-dealkylation sites (tertiary alicyclic amines) is 1. The number of halogens is 6. The average molecular weight is 616 g/mol. The van der Waals surface area contributed by atoms with Crippen molar-refractivity contribution in [3.05, 3.63) is 39.9 Å². The van der Waals surface area contributed by atoms with Gasteiger partial charge in [0.05, 0.1) is 5.02 Å². The van der Waals surface area contributed by atoms with E-state index in [-0.39, 0.29) is 21.6 Å². The molecule has 1 aromatic heterocycles. The minimum atomic E-state index is -4.77.